The minimum absolute atomic E-state index is 0.0565. The van der Waals surface area contributed by atoms with Gasteiger partial charge in [0.1, 0.15) is 6.04 Å². The zero-order valence-corrected chi connectivity index (χ0v) is 17.0. The minimum atomic E-state index is -0.378. The van der Waals surface area contributed by atoms with Gasteiger partial charge in [0.05, 0.1) is 14.2 Å². The van der Waals surface area contributed by atoms with Crippen LogP contribution in [-0.4, -0.2) is 50.1 Å². The Morgan fingerprint density at radius 3 is 2.52 bits per heavy atom. The summed E-state index contributed by atoms with van der Waals surface area (Å²) >= 11 is 0. The van der Waals surface area contributed by atoms with Crippen LogP contribution in [0.3, 0.4) is 0 Å². The topological polar surface area (TPSA) is 67.9 Å². The molecule has 1 atom stereocenters. The van der Waals surface area contributed by atoms with Crippen LogP contribution in [-0.2, 0) is 22.4 Å². The standard InChI is InChI=1S/C23H28N2O4/c1-28-20-10-8-18(16-21(20)29-2)12-14-24-23(27)19-9-11-22(26)25(19)15-13-17-6-4-3-5-7-17/h3-8,10,16,19H,9,11-15H2,1-2H3,(H,24,27)/t19-/m1/s1. The molecule has 2 aromatic rings. The number of ether oxygens (including phenoxy) is 2. The van der Waals surface area contributed by atoms with E-state index in [1.165, 1.54) is 5.56 Å². The molecule has 1 N–H and O–H groups in total. The average molecular weight is 396 g/mol. The minimum Gasteiger partial charge on any atom is -0.493 e. The first kappa shape index (κ1) is 20.7. The molecule has 0 aliphatic carbocycles. The Morgan fingerprint density at radius 1 is 1.03 bits per heavy atom. The summed E-state index contributed by atoms with van der Waals surface area (Å²) in [6.45, 7) is 1.07. The number of benzene rings is 2. The summed E-state index contributed by atoms with van der Waals surface area (Å²) in [6.07, 6.45) is 2.44. The van der Waals surface area contributed by atoms with Gasteiger partial charge in [0.15, 0.2) is 11.5 Å². The van der Waals surface area contributed by atoms with Crippen LogP contribution in [0.1, 0.15) is 24.0 Å². The van der Waals surface area contributed by atoms with Crippen molar-refractivity contribution in [1.82, 2.24) is 10.2 Å². The molecule has 3 rings (SSSR count). The lowest BCUT2D eigenvalue weighted by Gasteiger charge is -2.24. The molecule has 29 heavy (non-hydrogen) atoms. The van der Waals surface area contributed by atoms with E-state index in [9.17, 15) is 9.59 Å². The fourth-order valence-electron chi connectivity index (χ4n) is 3.66. The van der Waals surface area contributed by atoms with E-state index in [1.54, 1.807) is 19.1 Å². The highest BCUT2D eigenvalue weighted by Crippen LogP contribution is 2.27. The number of hydrogen-bond donors (Lipinski definition) is 1. The molecule has 0 saturated carbocycles. The number of carbonyl (C=O) groups is 2. The van der Waals surface area contributed by atoms with Crippen molar-refractivity contribution in [3.63, 3.8) is 0 Å². The van der Waals surface area contributed by atoms with Gasteiger partial charge in [-0.3, -0.25) is 9.59 Å². The molecule has 0 unspecified atom stereocenters. The van der Waals surface area contributed by atoms with Crippen molar-refractivity contribution in [2.75, 3.05) is 27.3 Å². The zero-order valence-electron chi connectivity index (χ0n) is 17.0. The number of amides is 2. The number of nitrogens with one attached hydrogen (secondary N) is 1. The van der Waals surface area contributed by atoms with Gasteiger partial charge >= 0.3 is 0 Å². The molecule has 0 spiro atoms. The van der Waals surface area contributed by atoms with Crippen molar-refractivity contribution in [1.29, 1.82) is 0 Å². The molecule has 154 valence electrons. The first-order chi connectivity index (χ1) is 14.1. The van der Waals surface area contributed by atoms with Gasteiger partial charge in [0, 0.05) is 19.5 Å². The molecule has 0 aromatic heterocycles. The second kappa shape index (κ2) is 9.96. The molecule has 0 bridgehead atoms. The van der Waals surface area contributed by atoms with Gasteiger partial charge in [-0.05, 0) is 42.5 Å². The number of hydrogen-bond acceptors (Lipinski definition) is 4. The van der Waals surface area contributed by atoms with Gasteiger partial charge in [-0.25, -0.2) is 0 Å². The van der Waals surface area contributed by atoms with E-state index in [0.717, 1.165) is 12.0 Å². The lowest BCUT2D eigenvalue weighted by Crippen LogP contribution is -2.45. The van der Waals surface area contributed by atoms with E-state index in [2.05, 4.69) is 5.32 Å². The molecule has 2 amide bonds. The summed E-state index contributed by atoms with van der Waals surface area (Å²) in [7, 11) is 3.20. The quantitative estimate of drug-likeness (QED) is 0.708. The first-order valence-electron chi connectivity index (χ1n) is 9.94. The van der Waals surface area contributed by atoms with Crippen LogP contribution in [0.25, 0.3) is 0 Å². The Labute approximate surface area is 171 Å². The van der Waals surface area contributed by atoms with E-state index in [0.29, 0.717) is 43.9 Å². The molecule has 1 aliphatic rings. The van der Waals surface area contributed by atoms with Gasteiger partial charge < -0.3 is 19.7 Å². The van der Waals surface area contributed by atoms with E-state index in [-0.39, 0.29) is 17.9 Å². The summed E-state index contributed by atoms with van der Waals surface area (Å²) in [6, 6.07) is 15.4. The van der Waals surface area contributed by atoms with Crippen molar-refractivity contribution in [3.05, 3.63) is 59.7 Å². The van der Waals surface area contributed by atoms with E-state index >= 15 is 0 Å². The second-order valence-electron chi connectivity index (χ2n) is 7.11. The van der Waals surface area contributed by atoms with Gasteiger partial charge in [-0.1, -0.05) is 36.4 Å². The Hall–Kier alpha value is -3.02. The smallest absolute Gasteiger partial charge is 0.242 e. The second-order valence-corrected chi connectivity index (χ2v) is 7.11. The highest BCUT2D eigenvalue weighted by atomic mass is 16.5. The Kier molecular flexibility index (Phi) is 7.11. The Bertz CT molecular complexity index is 838. The maximum Gasteiger partial charge on any atom is 0.242 e. The number of carbonyl (C=O) groups excluding carboxylic acids is 2. The first-order valence-corrected chi connectivity index (χ1v) is 9.94. The van der Waals surface area contributed by atoms with Crippen LogP contribution in [0.15, 0.2) is 48.5 Å². The van der Waals surface area contributed by atoms with Crippen LogP contribution in [0, 0.1) is 0 Å². The molecule has 1 fully saturated rings. The number of rotatable bonds is 9. The normalized spacial score (nSPS) is 16.0. The van der Waals surface area contributed by atoms with Crippen molar-refractivity contribution in [2.24, 2.45) is 0 Å². The molecule has 2 aromatic carbocycles. The van der Waals surface area contributed by atoms with Gasteiger partial charge in [-0.2, -0.15) is 0 Å². The largest absolute Gasteiger partial charge is 0.493 e. The number of methoxy groups -OCH3 is 2. The van der Waals surface area contributed by atoms with E-state index < -0.39 is 0 Å². The van der Waals surface area contributed by atoms with E-state index in [4.69, 9.17) is 9.47 Å². The highest BCUT2D eigenvalue weighted by molar-refractivity contribution is 5.90. The SMILES string of the molecule is COc1ccc(CCNC(=O)[C@H]2CCC(=O)N2CCc2ccccc2)cc1OC. The lowest BCUT2D eigenvalue weighted by atomic mass is 10.1. The molecule has 1 saturated heterocycles. The van der Waals surface area contributed by atoms with Gasteiger partial charge in [0.25, 0.3) is 0 Å². The predicted octanol–water partition coefficient (Wildman–Crippen LogP) is 2.60. The predicted molar refractivity (Wildman–Crippen MR) is 111 cm³/mol. The van der Waals surface area contributed by atoms with Gasteiger partial charge in [-0.15, -0.1) is 0 Å². The third-order valence-electron chi connectivity index (χ3n) is 5.28. The fourth-order valence-corrected chi connectivity index (χ4v) is 3.66. The fraction of sp³-hybridized carbons (Fsp3) is 0.391. The maximum atomic E-state index is 12.7. The molecular formula is C23H28N2O4. The van der Waals surface area contributed by atoms with Crippen LogP contribution in [0.2, 0.25) is 0 Å². The third-order valence-corrected chi connectivity index (χ3v) is 5.28. The van der Waals surface area contributed by atoms with E-state index in [1.807, 2.05) is 48.5 Å². The van der Waals surface area contributed by atoms with Crippen molar-refractivity contribution < 1.29 is 19.1 Å². The van der Waals surface area contributed by atoms with Crippen LogP contribution in [0.5, 0.6) is 11.5 Å². The molecule has 0 radical (unpaired) electrons. The van der Waals surface area contributed by atoms with Crippen LogP contribution >= 0.6 is 0 Å². The van der Waals surface area contributed by atoms with Crippen LogP contribution in [0.4, 0.5) is 0 Å². The van der Waals surface area contributed by atoms with Gasteiger partial charge in [0.2, 0.25) is 11.8 Å². The third kappa shape index (κ3) is 5.28. The zero-order chi connectivity index (χ0) is 20.6. The Morgan fingerprint density at radius 2 is 1.79 bits per heavy atom. The monoisotopic (exact) mass is 396 g/mol. The summed E-state index contributed by atoms with van der Waals surface area (Å²) in [5.74, 6) is 1.33. The molecule has 6 heteroatoms. The summed E-state index contributed by atoms with van der Waals surface area (Å²) in [5, 5.41) is 2.98. The number of nitrogens with zero attached hydrogens (tertiary/aromatic N) is 1. The summed E-state index contributed by atoms with van der Waals surface area (Å²) in [5.41, 5.74) is 2.21. The molecule has 1 heterocycles. The summed E-state index contributed by atoms with van der Waals surface area (Å²) < 4.78 is 10.6. The molecule has 6 nitrogen and oxygen atoms in total. The number of likely N-dealkylation sites (tertiary alicyclic amines) is 1. The summed E-state index contributed by atoms with van der Waals surface area (Å²) in [4.78, 5) is 26.7. The molecule has 1 aliphatic heterocycles. The lowest BCUT2D eigenvalue weighted by molar-refractivity contribution is -0.135. The Balaban J connectivity index is 1.52. The highest BCUT2D eigenvalue weighted by Gasteiger charge is 2.35. The van der Waals surface area contributed by atoms with Crippen LogP contribution < -0.4 is 14.8 Å². The van der Waals surface area contributed by atoms with Crippen molar-refractivity contribution in [2.45, 2.75) is 31.7 Å². The van der Waals surface area contributed by atoms with Crippen molar-refractivity contribution in [3.8, 4) is 11.5 Å². The molecular weight excluding hydrogens is 368 g/mol. The maximum absolute atomic E-state index is 12.7. The average Bonchev–Trinajstić information content (AvgIpc) is 3.13. The van der Waals surface area contributed by atoms with Crippen molar-refractivity contribution >= 4 is 11.8 Å².